The van der Waals surface area contributed by atoms with Crippen molar-refractivity contribution in [2.24, 2.45) is 11.8 Å². The van der Waals surface area contributed by atoms with Gasteiger partial charge in [-0.1, -0.05) is 19.6 Å². The van der Waals surface area contributed by atoms with Crippen molar-refractivity contribution in [1.82, 2.24) is 10.3 Å². The maximum atomic E-state index is 5.78. The van der Waals surface area contributed by atoms with Crippen LogP contribution in [0.4, 0.5) is 0 Å². The summed E-state index contributed by atoms with van der Waals surface area (Å²) in [5, 5.41) is 3.66. The molecule has 0 aromatic carbocycles. The van der Waals surface area contributed by atoms with Crippen molar-refractivity contribution in [2.45, 2.75) is 31.8 Å². The van der Waals surface area contributed by atoms with E-state index in [9.17, 15) is 0 Å². The van der Waals surface area contributed by atoms with Crippen molar-refractivity contribution in [3.8, 4) is 5.88 Å². The molecule has 2 atom stereocenters. The van der Waals surface area contributed by atoms with E-state index in [1.54, 1.807) is 12.3 Å². The Balaban J connectivity index is 1.55. The van der Waals surface area contributed by atoms with Crippen molar-refractivity contribution in [3.05, 3.63) is 30.5 Å². The fourth-order valence-corrected chi connectivity index (χ4v) is 2.98. The van der Waals surface area contributed by atoms with Crippen LogP contribution in [-0.2, 0) is 0 Å². The Morgan fingerprint density at radius 3 is 2.94 bits per heavy atom. The van der Waals surface area contributed by atoms with Gasteiger partial charge in [-0.2, -0.15) is 0 Å². The van der Waals surface area contributed by atoms with E-state index in [1.807, 2.05) is 12.1 Å². The lowest BCUT2D eigenvalue weighted by molar-refractivity contribution is 0.0327. The molecule has 3 nitrogen and oxygen atoms in total. The van der Waals surface area contributed by atoms with Crippen molar-refractivity contribution in [2.75, 3.05) is 6.61 Å². The molecule has 2 unspecified atom stereocenters. The zero-order valence-corrected chi connectivity index (χ0v) is 10.8. The van der Waals surface area contributed by atoms with Gasteiger partial charge in [-0.25, -0.2) is 4.98 Å². The van der Waals surface area contributed by atoms with E-state index in [1.165, 1.54) is 12.8 Å². The molecule has 3 heterocycles. The second kappa shape index (κ2) is 4.73. The van der Waals surface area contributed by atoms with Crippen molar-refractivity contribution < 1.29 is 4.74 Å². The molecule has 1 N–H and O–H groups in total. The quantitative estimate of drug-likeness (QED) is 0.883. The number of hydrogen-bond acceptors (Lipinski definition) is 3. The summed E-state index contributed by atoms with van der Waals surface area (Å²) in [7, 11) is 0. The number of nitrogens with zero attached hydrogens (tertiary/aromatic N) is 1. The van der Waals surface area contributed by atoms with Gasteiger partial charge in [0.05, 0.1) is 0 Å². The zero-order chi connectivity index (χ0) is 12.5. The van der Waals surface area contributed by atoms with E-state index in [0.29, 0.717) is 24.4 Å². The summed E-state index contributed by atoms with van der Waals surface area (Å²) in [4.78, 5) is 4.27. The van der Waals surface area contributed by atoms with Gasteiger partial charge in [0.2, 0.25) is 5.88 Å². The second-order valence-corrected chi connectivity index (χ2v) is 5.51. The van der Waals surface area contributed by atoms with Gasteiger partial charge in [0, 0.05) is 24.3 Å². The Labute approximate surface area is 108 Å². The fourth-order valence-electron chi connectivity index (χ4n) is 2.98. The van der Waals surface area contributed by atoms with Crippen molar-refractivity contribution >= 4 is 6.08 Å². The van der Waals surface area contributed by atoms with Crippen LogP contribution in [-0.4, -0.2) is 23.7 Å². The summed E-state index contributed by atoms with van der Waals surface area (Å²) < 4.78 is 5.78. The monoisotopic (exact) mass is 244 g/mol. The highest BCUT2D eigenvalue weighted by atomic mass is 16.5. The highest BCUT2D eigenvalue weighted by Gasteiger charge is 2.43. The lowest BCUT2D eigenvalue weighted by atomic mass is 9.66. The number of nitrogens with one attached hydrogen (secondary N) is 1. The smallest absolute Gasteiger partial charge is 0.213 e. The van der Waals surface area contributed by atoms with E-state index < -0.39 is 0 Å². The van der Waals surface area contributed by atoms with Crippen LogP contribution in [0.3, 0.4) is 0 Å². The summed E-state index contributed by atoms with van der Waals surface area (Å²) in [6.45, 7) is 6.76. The van der Waals surface area contributed by atoms with E-state index in [4.69, 9.17) is 4.74 Å². The van der Waals surface area contributed by atoms with E-state index in [-0.39, 0.29) is 0 Å². The highest BCUT2D eigenvalue weighted by Crippen LogP contribution is 2.40. The van der Waals surface area contributed by atoms with E-state index in [0.717, 1.165) is 17.5 Å². The molecule has 2 bridgehead atoms. The molecule has 1 saturated carbocycles. The third kappa shape index (κ3) is 2.15. The normalized spacial score (nSPS) is 33.6. The van der Waals surface area contributed by atoms with Crippen LogP contribution in [0.2, 0.25) is 0 Å². The first-order valence-corrected chi connectivity index (χ1v) is 6.73. The van der Waals surface area contributed by atoms with Gasteiger partial charge in [0.1, 0.15) is 6.61 Å². The van der Waals surface area contributed by atoms with Gasteiger partial charge in [0.15, 0.2) is 0 Å². The molecule has 1 aliphatic carbocycles. The van der Waals surface area contributed by atoms with Crippen LogP contribution in [0.25, 0.3) is 6.08 Å². The maximum absolute atomic E-state index is 5.78. The van der Waals surface area contributed by atoms with Gasteiger partial charge in [0.25, 0.3) is 0 Å². The highest BCUT2D eigenvalue weighted by molar-refractivity contribution is 5.45. The van der Waals surface area contributed by atoms with Gasteiger partial charge < -0.3 is 10.1 Å². The van der Waals surface area contributed by atoms with Crippen LogP contribution in [0.1, 0.15) is 25.3 Å². The number of piperidine rings is 2. The molecule has 3 fully saturated rings. The largest absolute Gasteiger partial charge is 0.476 e. The van der Waals surface area contributed by atoms with E-state index in [2.05, 4.69) is 23.8 Å². The topological polar surface area (TPSA) is 34.1 Å². The molecule has 1 aromatic heterocycles. The zero-order valence-electron chi connectivity index (χ0n) is 10.8. The Morgan fingerprint density at radius 2 is 2.33 bits per heavy atom. The summed E-state index contributed by atoms with van der Waals surface area (Å²) in [5.41, 5.74) is 1.02. The molecule has 1 aromatic rings. The lowest BCUT2D eigenvalue weighted by Crippen LogP contribution is -2.60. The standard InChI is InChI=1S/C15H20N2O/c1-3-11-4-5-15(16-8-11)18-9-14-10(2)12-6-13(7-12)17-14/h3-5,8,10,12-14,17H,1,6-7,9H2,2H3. The average molecular weight is 244 g/mol. The summed E-state index contributed by atoms with van der Waals surface area (Å²) >= 11 is 0. The minimum Gasteiger partial charge on any atom is -0.476 e. The second-order valence-electron chi connectivity index (χ2n) is 5.51. The number of fused-ring (bicyclic) bond motifs is 2. The minimum atomic E-state index is 0.475. The lowest BCUT2D eigenvalue weighted by Gasteiger charge is -2.50. The van der Waals surface area contributed by atoms with Crippen molar-refractivity contribution in [3.63, 3.8) is 0 Å². The molecular formula is C15H20N2O. The first-order chi connectivity index (χ1) is 8.76. The third-order valence-electron chi connectivity index (χ3n) is 4.41. The number of rotatable bonds is 4. The number of pyridine rings is 1. The molecule has 18 heavy (non-hydrogen) atoms. The number of hydrogen-bond donors (Lipinski definition) is 1. The predicted molar refractivity (Wildman–Crippen MR) is 72.4 cm³/mol. The Kier molecular flexibility index (Phi) is 3.08. The SMILES string of the molecule is C=Cc1ccc(OCC2NC3CC(C3)C2C)nc1. The average Bonchev–Trinajstić information content (AvgIpc) is 2.36. The number of ether oxygens (including phenoxy) is 1. The Morgan fingerprint density at radius 1 is 1.50 bits per heavy atom. The third-order valence-corrected chi connectivity index (χ3v) is 4.41. The van der Waals surface area contributed by atoms with Gasteiger partial charge in [-0.15, -0.1) is 0 Å². The first-order valence-electron chi connectivity index (χ1n) is 6.73. The molecule has 0 spiro atoms. The molecule has 0 amide bonds. The van der Waals surface area contributed by atoms with Crippen LogP contribution in [0.5, 0.6) is 5.88 Å². The summed E-state index contributed by atoms with van der Waals surface area (Å²) in [6, 6.07) is 5.09. The molecule has 4 rings (SSSR count). The molecular weight excluding hydrogens is 224 g/mol. The summed E-state index contributed by atoms with van der Waals surface area (Å²) in [6.07, 6.45) is 6.28. The van der Waals surface area contributed by atoms with Crippen molar-refractivity contribution in [1.29, 1.82) is 0 Å². The van der Waals surface area contributed by atoms with Gasteiger partial charge >= 0.3 is 0 Å². The van der Waals surface area contributed by atoms with Crippen LogP contribution in [0, 0.1) is 11.8 Å². The Hall–Kier alpha value is -1.35. The molecule has 3 aliphatic rings. The molecule has 3 heteroatoms. The molecule has 0 radical (unpaired) electrons. The Bertz CT molecular complexity index is 423. The van der Waals surface area contributed by atoms with Crippen LogP contribution >= 0.6 is 0 Å². The predicted octanol–water partition coefficient (Wildman–Crippen LogP) is 2.49. The van der Waals surface area contributed by atoms with Crippen LogP contribution in [0.15, 0.2) is 24.9 Å². The molecule has 2 aliphatic heterocycles. The van der Waals surface area contributed by atoms with Gasteiger partial charge in [-0.05, 0) is 36.3 Å². The minimum absolute atomic E-state index is 0.475. The molecule has 2 saturated heterocycles. The maximum Gasteiger partial charge on any atom is 0.213 e. The van der Waals surface area contributed by atoms with Crippen LogP contribution < -0.4 is 10.1 Å². The first kappa shape index (κ1) is 11.7. The van der Waals surface area contributed by atoms with E-state index >= 15 is 0 Å². The fraction of sp³-hybridized carbons (Fsp3) is 0.533. The summed E-state index contributed by atoms with van der Waals surface area (Å²) in [5.74, 6) is 2.32. The number of aromatic nitrogens is 1. The molecule has 96 valence electrons. The van der Waals surface area contributed by atoms with Gasteiger partial charge in [-0.3, -0.25) is 0 Å².